The van der Waals surface area contributed by atoms with Crippen molar-refractivity contribution in [2.24, 2.45) is 5.92 Å². The minimum atomic E-state index is 0.714. The quantitative estimate of drug-likeness (QED) is 0.796. The average Bonchev–Trinajstić information content (AvgIpc) is 2.35. The lowest BCUT2D eigenvalue weighted by Crippen LogP contribution is -2.34. The number of aryl methyl sites for hydroxylation is 2. The van der Waals surface area contributed by atoms with E-state index in [1.165, 1.54) is 42.6 Å². The van der Waals surface area contributed by atoms with Crippen molar-refractivity contribution in [3.63, 3.8) is 0 Å². The van der Waals surface area contributed by atoms with Crippen molar-refractivity contribution >= 4 is 18.3 Å². The van der Waals surface area contributed by atoms with E-state index in [1.807, 2.05) is 0 Å². The maximum atomic E-state index is 4.46. The van der Waals surface area contributed by atoms with Gasteiger partial charge in [0.25, 0.3) is 0 Å². The van der Waals surface area contributed by atoms with E-state index in [4.69, 9.17) is 0 Å². The maximum absolute atomic E-state index is 4.46. The molecule has 0 radical (unpaired) electrons. The van der Waals surface area contributed by atoms with Crippen LogP contribution in [-0.4, -0.2) is 18.8 Å². The molecular formula is C15H23NS. The predicted octanol–water partition coefficient (Wildman–Crippen LogP) is 3.70. The van der Waals surface area contributed by atoms with Crippen LogP contribution in [0.15, 0.2) is 18.2 Å². The van der Waals surface area contributed by atoms with Crippen molar-refractivity contribution in [1.82, 2.24) is 0 Å². The Bertz CT molecular complexity index is 371. The highest BCUT2D eigenvalue weighted by atomic mass is 32.1. The summed E-state index contributed by atoms with van der Waals surface area (Å²) in [6.45, 7) is 6.82. The molecule has 0 saturated carbocycles. The Morgan fingerprint density at radius 1 is 1.41 bits per heavy atom. The van der Waals surface area contributed by atoms with Gasteiger partial charge in [-0.2, -0.15) is 12.6 Å². The highest BCUT2D eigenvalue weighted by Crippen LogP contribution is 2.29. The first-order chi connectivity index (χ1) is 8.24. The summed E-state index contributed by atoms with van der Waals surface area (Å²) >= 11 is 4.46. The molecule has 1 heterocycles. The Morgan fingerprint density at radius 2 is 2.24 bits per heavy atom. The fourth-order valence-corrected chi connectivity index (χ4v) is 2.99. The SMILES string of the molecule is CCC(CS)CN1CCCc2cc(C)ccc21. The Balaban J connectivity index is 2.16. The molecule has 1 aromatic rings. The number of hydrogen-bond acceptors (Lipinski definition) is 2. The topological polar surface area (TPSA) is 3.24 Å². The predicted molar refractivity (Wildman–Crippen MR) is 79.3 cm³/mol. The molecule has 2 rings (SSSR count). The summed E-state index contributed by atoms with van der Waals surface area (Å²) in [7, 11) is 0. The van der Waals surface area contributed by atoms with Crippen LogP contribution >= 0.6 is 12.6 Å². The van der Waals surface area contributed by atoms with Crippen LogP contribution < -0.4 is 4.90 Å². The lowest BCUT2D eigenvalue weighted by molar-refractivity contribution is 0.538. The van der Waals surface area contributed by atoms with Gasteiger partial charge in [0.15, 0.2) is 0 Å². The first-order valence-corrected chi connectivity index (χ1v) is 7.33. The van der Waals surface area contributed by atoms with Crippen LogP contribution in [0.2, 0.25) is 0 Å². The van der Waals surface area contributed by atoms with Crippen LogP contribution in [0.4, 0.5) is 5.69 Å². The van der Waals surface area contributed by atoms with E-state index in [-0.39, 0.29) is 0 Å². The van der Waals surface area contributed by atoms with Crippen LogP contribution in [0.3, 0.4) is 0 Å². The van der Waals surface area contributed by atoms with Gasteiger partial charge in [-0.25, -0.2) is 0 Å². The van der Waals surface area contributed by atoms with Gasteiger partial charge in [0.1, 0.15) is 0 Å². The molecule has 2 heteroatoms. The first kappa shape index (κ1) is 12.8. The second-order valence-corrected chi connectivity index (χ2v) is 5.50. The summed E-state index contributed by atoms with van der Waals surface area (Å²) in [5, 5.41) is 0. The molecule has 1 aliphatic rings. The third-order valence-corrected chi connectivity index (χ3v) is 4.28. The largest absolute Gasteiger partial charge is 0.371 e. The molecule has 1 unspecified atom stereocenters. The van der Waals surface area contributed by atoms with Gasteiger partial charge in [-0.1, -0.05) is 31.0 Å². The van der Waals surface area contributed by atoms with E-state index in [9.17, 15) is 0 Å². The molecular weight excluding hydrogens is 226 g/mol. The average molecular weight is 249 g/mol. The number of rotatable bonds is 4. The third-order valence-electron chi connectivity index (χ3n) is 3.76. The van der Waals surface area contributed by atoms with E-state index in [1.54, 1.807) is 0 Å². The van der Waals surface area contributed by atoms with Crippen LogP contribution in [0.5, 0.6) is 0 Å². The molecule has 1 aromatic carbocycles. The van der Waals surface area contributed by atoms with E-state index in [2.05, 4.69) is 49.6 Å². The number of nitrogens with zero attached hydrogens (tertiary/aromatic N) is 1. The number of benzene rings is 1. The Morgan fingerprint density at radius 3 is 2.94 bits per heavy atom. The minimum Gasteiger partial charge on any atom is -0.371 e. The maximum Gasteiger partial charge on any atom is 0.0399 e. The summed E-state index contributed by atoms with van der Waals surface area (Å²) < 4.78 is 0. The molecule has 1 nitrogen and oxygen atoms in total. The van der Waals surface area contributed by atoms with Gasteiger partial charge >= 0.3 is 0 Å². The summed E-state index contributed by atoms with van der Waals surface area (Å²) in [5.41, 5.74) is 4.37. The van der Waals surface area contributed by atoms with Gasteiger partial charge in [-0.05, 0) is 43.1 Å². The number of thiol groups is 1. The molecule has 94 valence electrons. The number of hydrogen-bond donors (Lipinski definition) is 1. The van der Waals surface area contributed by atoms with Crippen molar-refractivity contribution in [2.75, 3.05) is 23.7 Å². The van der Waals surface area contributed by atoms with Gasteiger partial charge in [-0.3, -0.25) is 0 Å². The molecule has 1 atom stereocenters. The van der Waals surface area contributed by atoms with Crippen molar-refractivity contribution < 1.29 is 0 Å². The molecule has 0 fully saturated rings. The van der Waals surface area contributed by atoms with Crippen LogP contribution in [0, 0.1) is 12.8 Å². The molecule has 0 amide bonds. The van der Waals surface area contributed by atoms with Crippen molar-refractivity contribution in [2.45, 2.75) is 33.1 Å². The van der Waals surface area contributed by atoms with E-state index in [0.29, 0.717) is 5.92 Å². The molecule has 0 bridgehead atoms. The van der Waals surface area contributed by atoms with Gasteiger partial charge in [-0.15, -0.1) is 0 Å². The Kier molecular flexibility index (Phi) is 4.38. The zero-order chi connectivity index (χ0) is 12.3. The molecule has 0 aliphatic carbocycles. The standard InChI is InChI=1S/C15H23NS/c1-3-13(11-17)10-16-8-4-5-14-9-12(2)6-7-15(14)16/h6-7,9,13,17H,3-5,8,10-11H2,1-2H3. The summed E-state index contributed by atoms with van der Waals surface area (Å²) in [4.78, 5) is 2.56. The molecule has 0 aromatic heterocycles. The van der Waals surface area contributed by atoms with E-state index in [0.717, 1.165) is 12.3 Å². The van der Waals surface area contributed by atoms with Crippen molar-refractivity contribution in [1.29, 1.82) is 0 Å². The van der Waals surface area contributed by atoms with Gasteiger partial charge < -0.3 is 4.90 Å². The zero-order valence-corrected chi connectivity index (χ0v) is 11.8. The zero-order valence-electron chi connectivity index (χ0n) is 10.9. The lowest BCUT2D eigenvalue weighted by Gasteiger charge is -2.34. The molecule has 0 N–H and O–H groups in total. The van der Waals surface area contributed by atoms with Crippen LogP contribution in [0.25, 0.3) is 0 Å². The van der Waals surface area contributed by atoms with E-state index >= 15 is 0 Å². The summed E-state index contributed by atoms with van der Waals surface area (Å²) in [5.74, 6) is 1.71. The fraction of sp³-hybridized carbons (Fsp3) is 0.600. The monoisotopic (exact) mass is 249 g/mol. The number of anilines is 1. The summed E-state index contributed by atoms with van der Waals surface area (Å²) in [6.07, 6.45) is 3.76. The Labute approximate surface area is 111 Å². The highest BCUT2D eigenvalue weighted by molar-refractivity contribution is 7.80. The normalized spacial score (nSPS) is 16.8. The van der Waals surface area contributed by atoms with Crippen molar-refractivity contribution in [3.8, 4) is 0 Å². The van der Waals surface area contributed by atoms with Crippen LogP contribution in [-0.2, 0) is 6.42 Å². The van der Waals surface area contributed by atoms with Crippen LogP contribution in [0.1, 0.15) is 30.9 Å². The number of fused-ring (bicyclic) bond motifs is 1. The second-order valence-electron chi connectivity index (χ2n) is 5.14. The third kappa shape index (κ3) is 2.98. The fourth-order valence-electron chi connectivity index (χ4n) is 2.62. The molecule has 0 spiro atoms. The Hall–Kier alpha value is -0.630. The van der Waals surface area contributed by atoms with Crippen molar-refractivity contribution in [3.05, 3.63) is 29.3 Å². The lowest BCUT2D eigenvalue weighted by atomic mass is 9.98. The van der Waals surface area contributed by atoms with E-state index < -0.39 is 0 Å². The molecule has 0 saturated heterocycles. The molecule has 1 aliphatic heterocycles. The highest BCUT2D eigenvalue weighted by Gasteiger charge is 2.18. The first-order valence-electron chi connectivity index (χ1n) is 6.70. The summed E-state index contributed by atoms with van der Waals surface area (Å²) in [6, 6.07) is 6.89. The van der Waals surface area contributed by atoms with Gasteiger partial charge in [0, 0.05) is 18.8 Å². The van der Waals surface area contributed by atoms with Gasteiger partial charge in [0.2, 0.25) is 0 Å². The molecule has 17 heavy (non-hydrogen) atoms. The van der Waals surface area contributed by atoms with Gasteiger partial charge in [0.05, 0.1) is 0 Å². The minimum absolute atomic E-state index is 0.714. The smallest absolute Gasteiger partial charge is 0.0399 e. The second kappa shape index (κ2) is 5.81.